The predicted molar refractivity (Wildman–Crippen MR) is 95.4 cm³/mol. The van der Waals surface area contributed by atoms with Gasteiger partial charge in [-0.15, -0.1) is 0 Å². The summed E-state index contributed by atoms with van der Waals surface area (Å²) in [6, 6.07) is 6.43. The number of carbonyl (C=O) groups is 1. The Balaban J connectivity index is 1.69. The van der Waals surface area contributed by atoms with E-state index in [9.17, 15) is 4.79 Å². The first-order valence-electron chi connectivity index (χ1n) is 9.40. The molecule has 1 saturated heterocycles. The highest BCUT2D eigenvalue weighted by Gasteiger charge is 2.50. The Labute approximate surface area is 145 Å². The Morgan fingerprint density at radius 1 is 1.25 bits per heavy atom. The van der Waals surface area contributed by atoms with Gasteiger partial charge in [0.1, 0.15) is 11.9 Å². The average Bonchev–Trinajstić information content (AvgIpc) is 3.07. The summed E-state index contributed by atoms with van der Waals surface area (Å²) < 4.78 is 6.07. The fraction of sp³-hybridized carbons (Fsp3) is 0.667. The minimum absolute atomic E-state index is 0.142. The van der Waals surface area contributed by atoms with Crippen LogP contribution in [0.1, 0.15) is 69.3 Å². The molecular weight excluding hydrogens is 298 g/mol. The van der Waals surface area contributed by atoms with Crippen molar-refractivity contribution in [3.63, 3.8) is 0 Å². The summed E-state index contributed by atoms with van der Waals surface area (Å²) >= 11 is 0. The smallest absolute Gasteiger partial charge is 0.257 e. The maximum atomic E-state index is 13.4. The van der Waals surface area contributed by atoms with Gasteiger partial charge in [0.2, 0.25) is 0 Å². The summed E-state index contributed by atoms with van der Waals surface area (Å²) in [5.74, 6) is 2.70. The van der Waals surface area contributed by atoms with Crippen molar-refractivity contribution in [3.05, 3.63) is 29.3 Å². The normalized spacial score (nSPS) is 36.4. The monoisotopic (exact) mass is 327 g/mol. The lowest BCUT2D eigenvalue weighted by atomic mass is 9.67. The van der Waals surface area contributed by atoms with Gasteiger partial charge in [-0.05, 0) is 43.1 Å². The zero-order valence-corrected chi connectivity index (χ0v) is 15.5. The molecule has 0 radical (unpaired) electrons. The highest BCUT2D eigenvalue weighted by atomic mass is 16.5. The molecule has 1 aromatic carbocycles. The molecule has 1 saturated carbocycles. The maximum absolute atomic E-state index is 13.4. The number of hydrogen-bond acceptors (Lipinski definition) is 2. The average molecular weight is 327 g/mol. The molecule has 1 aromatic rings. The molecule has 24 heavy (non-hydrogen) atoms. The number of likely N-dealkylation sites (tertiary alicyclic amines) is 1. The number of ether oxygens (including phenoxy) is 1. The summed E-state index contributed by atoms with van der Waals surface area (Å²) in [6.45, 7) is 12.2. The number of benzene rings is 1. The fourth-order valence-electron chi connectivity index (χ4n) is 5.29. The number of hydrogen-bond donors (Lipinski definition) is 0. The molecule has 5 atom stereocenters. The van der Waals surface area contributed by atoms with Crippen LogP contribution in [-0.2, 0) is 0 Å². The van der Waals surface area contributed by atoms with E-state index in [1.165, 1.54) is 12.0 Å². The van der Waals surface area contributed by atoms with Crippen LogP contribution in [0.15, 0.2) is 18.2 Å². The molecular formula is C21H29NO2. The van der Waals surface area contributed by atoms with Crippen LogP contribution in [0.5, 0.6) is 5.75 Å². The first-order valence-corrected chi connectivity index (χ1v) is 9.40. The molecule has 5 unspecified atom stereocenters. The number of nitrogens with zero attached hydrogens (tertiary/aromatic N) is 1. The molecule has 3 aliphatic rings. The molecule has 4 rings (SSSR count). The molecule has 0 aromatic heterocycles. The molecule has 2 bridgehead atoms. The van der Waals surface area contributed by atoms with Crippen molar-refractivity contribution in [3.8, 4) is 5.75 Å². The first kappa shape index (κ1) is 16.0. The quantitative estimate of drug-likeness (QED) is 0.762. The Kier molecular flexibility index (Phi) is 3.49. The van der Waals surface area contributed by atoms with Gasteiger partial charge in [0, 0.05) is 24.1 Å². The van der Waals surface area contributed by atoms with Gasteiger partial charge in [0.05, 0.1) is 5.56 Å². The molecule has 1 aliphatic carbocycles. The number of para-hydroxylation sites is 1. The number of fused-ring (bicyclic) bond motifs is 3. The van der Waals surface area contributed by atoms with Crippen molar-refractivity contribution in [2.24, 2.45) is 17.3 Å². The topological polar surface area (TPSA) is 29.5 Å². The highest BCUT2D eigenvalue weighted by molar-refractivity contribution is 5.98. The van der Waals surface area contributed by atoms with Crippen molar-refractivity contribution >= 4 is 5.91 Å². The molecule has 0 N–H and O–H groups in total. The van der Waals surface area contributed by atoms with E-state index in [1.807, 2.05) is 12.1 Å². The molecule has 0 spiro atoms. The summed E-state index contributed by atoms with van der Waals surface area (Å²) in [5.41, 5.74) is 2.14. The Morgan fingerprint density at radius 3 is 2.75 bits per heavy atom. The van der Waals surface area contributed by atoms with Crippen LogP contribution in [0.4, 0.5) is 0 Å². The van der Waals surface area contributed by atoms with Gasteiger partial charge in [0.25, 0.3) is 5.91 Å². The SMILES string of the molecule is CC1CC(C)(C)C2CC1CN2C(=O)c1cccc2c1OC(C)C2C. The minimum Gasteiger partial charge on any atom is -0.489 e. The van der Waals surface area contributed by atoms with Crippen molar-refractivity contribution in [2.45, 2.75) is 65.5 Å². The van der Waals surface area contributed by atoms with Gasteiger partial charge >= 0.3 is 0 Å². The summed E-state index contributed by atoms with van der Waals surface area (Å²) in [4.78, 5) is 15.6. The highest BCUT2D eigenvalue weighted by Crippen LogP contribution is 2.50. The molecule has 3 nitrogen and oxygen atoms in total. The van der Waals surface area contributed by atoms with E-state index in [0.717, 1.165) is 24.3 Å². The Morgan fingerprint density at radius 2 is 2.00 bits per heavy atom. The van der Waals surface area contributed by atoms with Gasteiger partial charge in [-0.25, -0.2) is 0 Å². The van der Waals surface area contributed by atoms with E-state index in [0.29, 0.717) is 23.8 Å². The van der Waals surface area contributed by atoms with Crippen LogP contribution in [-0.4, -0.2) is 29.5 Å². The van der Waals surface area contributed by atoms with Crippen LogP contribution < -0.4 is 4.74 Å². The van der Waals surface area contributed by atoms with Crippen molar-refractivity contribution < 1.29 is 9.53 Å². The second-order valence-corrected chi connectivity index (χ2v) is 8.97. The lowest BCUT2D eigenvalue weighted by Crippen LogP contribution is -2.45. The predicted octanol–water partition coefficient (Wildman–Crippen LogP) is 4.47. The van der Waals surface area contributed by atoms with Crippen LogP contribution >= 0.6 is 0 Å². The molecule has 1 amide bonds. The summed E-state index contributed by atoms with van der Waals surface area (Å²) in [7, 11) is 0. The van der Waals surface area contributed by atoms with E-state index in [4.69, 9.17) is 4.74 Å². The molecule has 130 valence electrons. The summed E-state index contributed by atoms with van der Waals surface area (Å²) in [5, 5.41) is 0. The Hall–Kier alpha value is -1.51. The van der Waals surface area contributed by atoms with Crippen LogP contribution in [0.25, 0.3) is 0 Å². The van der Waals surface area contributed by atoms with Gasteiger partial charge < -0.3 is 9.64 Å². The van der Waals surface area contributed by atoms with E-state index in [2.05, 4.69) is 45.6 Å². The van der Waals surface area contributed by atoms with Crippen molar-refractivity contribution in [2.75, 3.05) is 6.54 Å². The van der Waals surface area contributed by atoms with E-state index in [1.54, 1.807) is 0 Å². The van der Waals surface area contributed by atoms with Gasteiger partial charge in [-0.1, -0.05) is 39.8 Å². The molecule has 2 heterocycles. The third kappa shape index (κ3) is 2.20. The summed E-state index contributed by atoms with van der Waals surface area (Å²) in [6.07, 6.45) is 2.51. The van der Waals surface area contributed by atoms with Gasteiger partial charge in [0.15, 0.2) is 0 Å². The van der Waals surface area contributed by atoms with E-state index < -0.39 is 0 Å². The lowest BCUT2D eigenvalue weighted by Gasteiger charge is -2.41. The Bertz CT molecular complexity index is 680. The zero-order chi connectivity index (χ0) is 17.2. The molecule has 3 heteroatoms. The van der Waals surface area contributed by atoms with E-state index in [-0.39, 0.29) is 17.4 Å². The van der Waals surface area contributed by atoms with E-state index >= 15 is 0 Å². The van der Waals surface area contributed by atoms with Crippen LogP contribution in [0.2, 0.25) is 0 Å². The third-order valence-electron chi connectivity index (χ3n) is 6.92. The second-order valence-electron chi connectivity index (χ2n) is 8.97. The molecule has 2 fully saturated rings. The lowest BCUT2D eigenvalue weighted by molar-refractivity contribution is 0.0552. The third-order valence-corrected chi connectivity index (χ3v) is 6.92. The van der Waals surface area contributed by atoms with Crippen molar-refractivity contribution in [1.82, 2.24) is 4.90 Å². The van der Waals surface area contributed by atoms with Gasteiger partial charge in [-0.3, -0.25) is 4.79 Å². The maximum Gasteiger partial charge on any atom is 0.257 e. The zero-order valence-electron chi connectivity index (χ0n) is 15.5. The number of carbonyl (C=O) groups excluding carboxylic acids is 1. The van der Waals surface area contributed by atoms with Crippen molar-refractivity contribution in [1.29, 1.82) is 0 Å². The number of amides is 1. The largest absolute Gasteiger partial charge is 0.489 e. The van der Waals surface area contributed by atoms with Crippen LogP contribution in [0, 0.1) is 17.3 Å². The number of rotatable bonds is 1. The van der Waals surface area contributed by atoms with Crippen LogP contribution in [0.3, 0.4) is 0 Å². The second kappa shape index (κ2) is 5.24. The first-order chi connectivity index (χ1) is 11.3. The molecule has 2 aliphatic heterocycles. The minimum atomic E-state index is 0.142. The standard InChI is InChI=1S/C21H29NO2/c1-12-10-21(4,5)18-9-15(12)11-22(18)20(23)17-8-6-7-16-13(2)14(3)24-19(16)17/h6-8,12-15,18H,9-11H2,1-5H3. The van der Waals surface area contributed by atoms with Gasteiger partial charge in [-0.2, -0.15) is 0 Å². The fourth-order valence-corrected chi connectivity index (χ4v) is 5.29.